The normalized spacial score (nSPS) is 10.2. The van der Waals surface area contributed by atoms with Crippen LogP contribution in [0.2, 0.25) is 0 Å². The molecule has 0 heterocycles. The summed E-state index contributed by atoms with van der Waals surface area (Å²) in [4.78, 5) is 10.1. The summed E-state index contributed by atoms with van der Waals surface area (Å²) in [5, 5.41) is 21.8. The van der Waals surface area contributed by atoms with Crippen molar-refractivity contribution < 1.29 is 19.2 Å². The molecule has 0 bridgehead atoms. The number of halogens is 1. The summed E-state index contributed by atoms with van der Waals surface area (Å²) in [6, 6.07) is 3.20. The van der Waals surface area contributed by atoms with E-state index in [2.05, 4.69) is 5.32 Å². The van der Waals surface area contributed by atoms with Gasteiger partial charge in [-0.05, 0) is 6.07 Å². The van der Waals surface area contributed by atoms with Crippen molar-refractivity contribution in [1.82, 2.24) is 0 Å². The molecule has 0 fully saturated rings. The maximum absolute atomic E-state index is 12.9. The Morgan fingerprint density at radius 3 is 2.88 bits per heavy atom. The summed E-state index contributed by atoms with van der Waals surface area (Å²) in [6.45, 7) is 0.686. The smallest absolute Gasteiger partial charge is 0.292 e. The predicted molar refractivity (Wildman–Crippen MR) is 59.4 cm³/mol. The van der Waals surface area contributed by atoms with Crippen molar-refractivity contribution in [3.8, 4) is 0 Å². The molecule has 2 N–H and O–H groups in total. The fraction of sp³-hybridized carbons (Fsp3) is 0.400. The van der Waals surface area contributed by atoms with Crippen LogP contribution < -0.4 is 5.32 Å². The van der Waals surface area contributed by atoms with E-state index in [1.54, 1.807) is 0 Å². The number of rotatable bonds is 7. The maximum Gasteiger partial charge on any atom is 0.292 e. The van der Waals surface area contributed by atoms with E-state index >= 15 is 0 Å². The zero-order valence-corrected chi connectivity index (χ0v) is 9.06. The lowest BCUT2D eigenvalue weighted by molar-refractivity contribution is -0.384. The predicted octanol–water partition coefficient (Wildman–Crippen LogP) is 1.15. The molecule has 1 aromatic carbocycles. The van der Waals surface area contributed by atoms with Crippen LogP contribution in [0.4, 0.5) is 15.8 Å². The van der Waals surface area contributed by atoms with Crippen molar-refractivity contribution in [2.45, 2.75) is 0 Å². The van der Waals surface area contributed by atoms with Crippen LogP contribution in [0.3, 0.4) is 0 Å². The third kappa shape index (κ3) is 4.33. The molecule has 0 unspecified atom stereocenters. The Morgan fingerprint density at radius 1 is 1.47 bits per heavy atom. The highest BCUT2D eigenvalue weighted by Crippen LogP contribution is 2.24. The van der Waals surface area contributed by atoms with Gasteiger partial charge in [-0.15, -0.1) is 0 Å². The number of benzene rings is 1. The number of aliphatic hydroxyl groups is 1. The summed E-state index contributed by atoms with van der Waals surface area (Å²) in [7, 11) is 0. The molecule has 6 nitrogen and oxygen atoms in total. The number of nitrogens with zero attached hydrogens (tertiary/aromatic N) is 1. The van der Waals surface area contributed by atoms with Crippen molar-refractivity contribution in [1.29, 1.82) is 0 Å². The van der Waals surface area contributed by atoms with Crippen LogP contribution in [0.1, 0.15) is 0 Å². The van der Waals surface area contributed by atoms with E-state index < -0.39 is 10.7 Å². The van der Waals surface area contributed by atoms with Gasteiger partial charge in [-0.1, -0.05) is 0 Å². The lowest BCUT2D eigenvalue weighted by Gasteiger charge is -2.07. The minimum Gasteiger partial charge on any atom is -0.394 e. The number of hydrogen-bond acceptors (Lipinski definition) is 5. The molecule has 0 aliphatic heterocycles. The Labute approximate surface area is 97.2 Å². The number of ether oxygens (including phenoxy) is 1. The first kappa shape index (κ1) is 13.3. The van der Waals surface area contributed by atoms with Crippen LogP contribution in [0.15, 0.2) is 18.2 Å². The molecular weight excluding hydrogens is 231 g/mol. The van der Waals surface area contributed by atoms with Crippen LogP contribution in [0, 0.1) is 15.9 Å². The van der Waals surface area contributed by atoms with Gasteiger partial charge >= 0.3 is 0 Å². The van der Waals surface area contributed by atoms with E-state index in [1.165, 1.54) is 0 Å². The zero-order valence-electron chi connectivity index (χ0n) is 9.06. The first-order chi connectivity index (χ1) is 8.15. The molecule has 7 heteroatoms. The molecule has 94 valence electrons. The highest BCUT2D eigenvalue weighted by Gasteiger charge is 2.13. The highest BCUT2D eigenvalue weighted by atomic mass is 19.1. The summed E-state index contributed by atoms with van der Waals surface area (Å²) in [5.41, 5.74) is -0.0730. The van der Waals surface area contributed by atoms with Crippen molar-refractivity contribution in [3.63, 3.8) is 0 Å². The van der Waals surface area contributed by atoms with Gasteiger partial charge in [0, 0.05) is 18.7 Å². The van der Waals surface area contributed by atoms with Gasteiger partial charge in [-0.3, -0.25) is 10.1 Å². The Morgan fingerprint density at radius 2 is 2.24 bits per heavy atom. The second kappa shape index (κ2) is 6.77. The van der Waals surface area contributed by atoms with Crippen molar-refractivity contribution in [2.24, 2.45) is 0 Å². The molecule has 0 saturated heterocycles. The van der Waals surface area contributed by atoms with Crippen LogP contribution in [-0.4, -0.2) is 36.4 Å². The van der Waals surface area contributed by atoms with E-state index in [9.17, 15) is 14.5 Å². The van der Waals surface area contributed by atoms with E-state index in [-0.39, 0.29) is 31.2 Å². The largest absolute Gasteiger partial charge is 0.394 e. The lowest BCUT2D eigenvalue weighted by Crippen LogP contribution is -2.12. The Balaban J connectivity index is 2.56. The standard InChI is InChI=1S/C10H13FN2O4/c11-8-1-2-10(13(15)16)9(7-8)12-3-5-17-6-4-14/h1-2,7,12,14H,3-6H2. The monoisotopic (exact) mass is 244 g/mol. The van der Waals surface area contributed by atoms with E-state index in [0.29, 0.717) is 6.54 Å². The first-order valence-electron chi connectivity index (χ1n) is 5.01. The zero-order chi connectivity index (χ0) is 12.7. The van der Waals surface area contributed by atoms with Crippen molar-refractivity contribution in [3.05, 3.63) is 34.1 Å². The third-order valence-electron chi connectivity index (χ3n) is 1.95. The van der Waals surface area contributed by atoms with Gasteiger partial charge in [0.25, 0.3) is 5.69 Å². The number of aliphatic hydroxyl groups excluding tert-OH is 1. The van der Waals surface area contributed by atoms with Crippen LogP contribution >= 0.6 is 0 Å². The number of nitrogens with one attached hydrogen (secondary N) is 1. The fourth-order valence-corrected chi connectivity index (χ4v) is 1.23. The second-order valence-corrected chi connectivity index (χ2v) is 3.18. The SMILES string of the molecule is O=[N+]([O-])c1ccc(F)cc1NCCOCCO. The summed E-state index contributed by atoms with van der Waals surface area (Å²) >= 11 is 0. The molecule has 0 aliphatic carbocycles. The number of hydrogen-bond donors (Lipinski definition) is 2. The molecule has 0 spiro atoms. The number of anilines is 1. The maximum atomic E-state index is 12.9. The van der Waals surface area contributed by atoms with Gasteiger partial charge in [0.2, 0.25) is 0 Å². The lowest BCUT2D eigenvalue weighted by atomic mass is 10.2. The minimum atomic E-state index is -0.587. The Hall–Kier alpha value is -1.73. The first-order valence-corrected chi connectivity index (χ1v) is 5.01. The van der Waals surface area contributed by atoms with Crippen LogP contribution in [0.5, 0.6) is 0 Å². The minimum absolute atomic E-state index is 0.0832. The van der Waals surface area contributed by atoms with Gasteiger partial charge in [0.15, 0.2) is 0 Å². The molecule has 0 aromatic heterocycles. The second-order valence-electron chi connectivity index (χ2n) is 3.18. The molecule has 0 atom stereocenters. The highest BCUT2D eigenvalue weighted by molar-refractivity contribution is 5.61. The Kier molecular flexibility index (Phi) is 5.31. The third-order valence-corrected chi connectivity index (χ3v) is 1.95. The molecule has 17 heavy (non-hydrogen) atoms. The molecule has 0 saturated carbocycles. The van der Waals surface area contributed by atoms with Gasteiger partial charge in [-0.25, -0.2) is 4.39 Å². The molecular formula is C10H13FN2O4. The summed E-state index contributed by atoms with van der Waals surface area (Å²) < 4.78 is 17.9. The molecule has 0 radical (unpaired) electrons. The quantitative estimate of drug-likeness (QED) is 0.427. The van der Waals surface area contributed by atoms with Crippen molar-refractivity contribution in [2.75, 3.05) is 31.7 Å². The molecule has 1 aromatic rings. The molecule has 0 amide bonds. The number of nitro groups is 1. The van der Waals surface area contributed by atoms with Crippen LogP contribution in [-0.2, 0) is 4.74 Å². The van der Waals surface area contributed by atoms with E-state index in [0.717, 1.165) is 18.2 Å². The Bertz CT molecular complexity index is 387. The molecule has 1 rings (SSSR count). The van der Waals surface area contributed by atoms with E-state index in [4.69, 9.17) is 9.84 Å². The number of nitro benzene ring substituents is 1. The topological polar surface area (TPSA) is 84.6 Å². The van der Waals surface area contributed by atoms with Gasteiger partial charge in [0.1, 0.15) is 11.5 Å². The average molecular weight is 244 g/mol. The van der Waals surface area contributed by atoms with Crippen LogP contribution in [0.25, 0.3) is 0 Å². The van der Waals surface area contributed by atoms with Crippen molar-refractivity contribution >= 4 is 11.4 Å². The van der Waals surface area contributed by atoms with E-state index in [1.807, 2.05) is 0 Å². The summed E-state index contributed by atoms with van der Waals surface area (Å²) in [6.07, 6.45) is 0. The summed E-state index contributed by atoms with van der Waals surface area (Å²) in [5.74, 6) is -0.547. The van der Waals surface area contributed by atoms with Gasteiger partial charge in [-0.2, -0.15) is 0 Å². The molecule has 0 aliphatic rings. The van der Waals surface area contributed by atoms with Gasteiger partial charge in [0.05, 0.1) is 24.7 Å². The van der Waals surface area contributed by atoms with Gasteiger partial charge < -0.3 is 15.2 Å². The average Bonchev–Trinajstić information content (AvgIpc) is 2.28. The fourth-order valence-electron chi connectivity index (χ4n) is 1.23.